The van der Waals surface area contributed by atoms with Crippen molar-refractivity contribution in [3.63, 3.8) is 0 Å². The molecule has 0 aliphatic carbocycles. The predicted octanol–water partition coefficient (Wildman–Crippen LogP) is 19.0. The van der Waals surface area contributed by atoms with Crippen LogP contribution in [-0.4, -0.2) is 19.5 Å². The van der Waals surface area contributed by atoms with Crippen LogP contribution in [0.1, 0.15) is 86.8 Å². The molecule has 375 valence electrons. The normalized spacial score (nSPS) is 12.6. The maximum absolute atomic E-state index is 7.35. The van der Waals surface area contributed by atoms with Crippen LogP contribution in [-0.2, 0) is 25.5 Å². The molecule has 5 nitrogen and oxygen atoms in total. The maximum atomic E-state index is 7.35. The summed E-state index contributed by atoms with van der Waals surface area (Å²) in [7, 11) is 0. The van der Waals surface area contributed by atoms with Gasteiger partial charge in [-0.05, 0) is 97.1 Å². The molecule has 0 aliphatic rings. The Morgan fingerprint density at radius 3 is 1.89 bits per heavy atom. The molecule has 3 aromatic heterocycles. The Morgan fingerprint density at radius 1 is 0.553 bits per heavy atom. The van der Waals surface area contributed by atoms with E-state index in [2.05, 4.69) is 233 Å². The quantitative estimate of drug-likeness (QED) is 0.118. The first-order valence-corrected chi connectivity index (χ1v) is 25.9. The Balaban J connectivity index is 0.000000267. The van der Waals surface area contributed by atoms with E-state index in [1.54, 1.807) is 18.3 Å². The van der Waals surface area contributed by atoms with Gasteiger partial charge < -0.3 is 8.98 Å². The summed E-state index contributed by atoms with van der Waals surface area (Å²) in [6.07, 6.45) is 1.72. The minimum Gasteiger partial charge on any atom is -0.500 e. The number of aryl methyl sites for hydroxylation is 1. The van der Waals surface area contributed by atoms with Crippen molar-refractivity contribution in [3.05, 3.63) is 229 Å². The van der Waals surface area contributed by atoms with Crippen LogP contribution in [0.2, 0.25) is 0 Å². The zero-order valence-electron chi connectivity index (χ0n) is 46.7. The van der Waals surface area contributed by atoms with E-state index < -0.39 is 6.85 Å². The van der Waals surface area contributed by atoms with Gasteiger partial charge >= 0.3 is 0 Å². The van der Waals surface area contributed by atoms with Gasteiger partial charge in [0.2, 0.25) is 0 Å². The van der Waals surface area contributed by atoms with Gasteiger partial charge in [-0.1, -0.05) is 194 Å². The molecule has 0 spiro atoms. The van der Waals surface area contributed by atoms with Gasteiger partial charge in [-0.3, -0.25) is 15.0 Å². The predicted molar refractivity (Wildman–Crippen MR) is 314 cm³/mol. The Bertz CT molecular complexity index is 4370. The van der Waals surface area contributed by atoms with Crippen molar-refractivity contribution in [2.45, 2.75) is 72.6 Å². The Kier molecular flexibility index (Phi) is 12.4. The fourth-order valence-corrected chi connectivity index (χ4v) is 10.6. The van der Waals surface area contributed by atoms with Crippen molar-refractivity contribution in [1.29, 1.82) is 0 Å². The summed E-state index contributed by atoms with van der Waals surface area (Å²) in [4.78, 5) is 14.3. The number of nitrogens with zero attached hydrogens (tertiary/aromatic N) is 4. The monoisotopic (exact) mass is 1170 g/mol. The molecule has 0 bridgehead atoms. The first kappa shape index (κ1) is 46.5. The molecule has 10 aromatic carbocycles. The molecule has 13 rings (SSSR count). The third-order valence-electron chi connectivity index (χ3n) is 14.5. The molecule has 6 heteroatoms. The van der Waals surface area contributed by atoms with Gasteiger partial charge in [0.1, 0.15) is 5.58 Å². The number of fused-ring (bicyclic) bond motifs is 10. The maximum Gasteiger partial charge on any atom is 0.128 e. The Morgan fingerprint density at radius 2 is 1.20 bits per heavy atom. The molecule has 0 saturated carbocycles. The molecule has 13 aromatic rings. The zero-order chi connectivity index (χ0) is 54.0. The van der Waals surface area contributed by atoms with Gasteiger partial charge in [0.25, 0.3) is 0 Å². The second-order valence-electron chi connectivity index (χ2n) is 21.2. The number of hydrogen-bond acceptors (Lipinski definition) is 4. The second-order valence-corrected chi connectivity index (χ2v) is 21.2. The van der Waals surface area contributed by atoms with E-state index in [9.17, 15) is 0 Å². The summed E-state index contributed by atoms with van der Waals surface area (Å²) in [5, 5.41) is 9.18. The van der Waals surface area contributed by atoms with Crippen LogP contribution in [0.3, 0.4) is 0 Å². The van der Waals surface area contributed by atoms with Crippen molar-refractivity contribution in [3.8, 4) is 50.7 Å². The minimum atomic E-state index is -2.11. The minimum absolute atomic E-state index is 0. The smallest absolute Gasteiger partial charge is 0.128 e. The molecule has 3 heterocycles. The van der Waals surface area contributed by atoms with Crippen molar-refractivity contribution >= 4 is 65.3 Å². The SMILES string of the molecule is CC(C)c1cc(-c2ccccc2)cc(C(C)C)c1-n1c(-c2[c-]ccc3c2oc2c3ccc3c4ccc(-c5ccccc5)cc4ccc32)nc2ccc3ccccc3c21.[2H]C([2H])([2H])c1c[c-]c(-c2nccc(C(C)(C)C)n2)cc1.[Ir]. The number of benzene rings is 10. The number of furan rings is 1. The van der Waals surface area contributed by atoms with E-state index in [4.69, 9.17) is 13.5 Å². The summed E-state index contributed by atoms with van der Waals surface area (Å²) in [6.45, 7) is 13.4. The molecule has 1 radical (unpaired) electrons. The zero-order valence-corrected chi connectivity index (χ0v) is 46.1. The molecule has 0 unspecified atom stereocenters. The summed E-state index contributed by atoms with van der Waals surface area (Å²) in [6, 6.07) is 72.3. The molecule has 0 amide bonds. The van der Waals surface area contributed by atoms with E-state index >= 15 is 0 Å². The van der Waals surface area contributed by atoms with Crippen LogP contribution < -0.4 is 0 Å². The van der Waals surface area contributed by atoms with Gasteiger partial charge in [-0.25, -0.2) is 0 Å². The molecular weight excluding hydrogens is 1110 g/mol. The summed E-state index contributed by atoms with van der Waals surface area (Å²) in [5.41, 5.74) is 15.0. The van der Waals surface area contributed by atoms with Gasteiger partial charge in [0.05, 0.1) is 28.3 Å². The molecule has 0 N–H and O–H groups in total. The van der Waals surface area contributed by atoms with Crippen LogP contribution >= 0.6 is 0 Å². The van der Waals surface area contributed by atoms with E-state index in [1.165, 1.54) is 72.1 Å². The average Bonchev–Trinajstić information content (AvgIpc) is 4.07. The average molecular weight is 1170 g/mol. The van der Waals surface area contributed by atoms with E-state index in [0.29, 0.717) is 11.4 Å². The third-order valence-corrected chi connectivity index (χ3v) is 14.5. The Labute approximate surface area is 462 Å². The van der Waals surface area contributed by atoms with Gasteiger partial charge in [0.15, 0.2) is 0 Å². The molecule has 0 aliphatic heterocycles. The van der Waals surface area contributed by atoms with Gasteiger partial charge in [0, 0.05) is 63.4 Å². The van der Waals surface area contributed by atoms with Crippen molar-refractivity contribution in [2.75, 3.05) is 0 Å². The number of aromatic nitrogens is 4. The summed E-state index contributed by atoms with van der Waals surface area (Å²) >= 11 is 0. The van der Waals surface area contributed by atoms with E-state index in [-0.39, 0.29) is 42.9 Å². The van der Waals surface area contributed by atoms with Gasteiger partial charge in [-0.15, -0.1) is 53.6 Å². The van der Waals surface area contributed by atoms with Crippen LogP contribution in [0.15, 0.2) is 199 Å². The largest absolute Gasteiger partial charge is 0.500 e. The van der Waals surface area contributed by atoms with Crippen molar-refractivity contribution in [1.82, 2.24) is 19.5 Å². The molecule has 0 saturated heterocycles. The molecule has 0 fully saturated rings. The van der Waals surface area contributed by atoms with Crippen molar-refractivity contribution < 1.29 is 28.6 Å². The number of imidazole rings is 1. The second kappa shape index (κ2) is 20.3. The van der Waals surface area contributed by atoms with E-state index in [1.807, 2.05) is 12.1 Å². The van der Waals surface area contributed by atoms with Crippen molar-refractivity contribution in [2.24, 2.45) is 0 Å². The van der Waals surface area contributed by atoms with Crippen LogP contribution in [0.4, 0.5) is 0 Å². The number of hydrogen-bond donors (Lipinski definition) is 0. The summed E-state index contributed by atoms with van der Waals surface area (Å²) in [5.74, 6) is 1.88. The number of rotatable bonds is 7. The van der Waals surface area contributed by atoms with Crippen LogP contribution in [0, 0.1) is 19.0 Å². The van der Waals surface area contributed by atoms with Crippen LogP contribution in [0.5, 0.6) is 0 Å². The first-order chi connectivity index (χ1) is 37.6. The summed E-state index contributed by atoms with van der Waals surface area (Å²) < 4.78 is 31.6. The molecule has 76 heavy (non-hydrogen) atoms. The third kappa shape index (κ3) is 9.10. The Hall–Kier alpha value is -8.02. The first-order valence-electron chi connectivity index (χ1n) is 27.4. The molecular formula is C70H58IrN4O-2. The molecule has 0 atom stereocenters. The topological polar surface area (TPSA) is 56.7 Å². The van der Waals surface area contributed by atoms with Gasteiger partial charge in [-0.2, -0.15) is 0 Å². The fourth-order valence-electron chi connectivity index (χ4n) is 10.6. The standard InChI is InChI=1S/C55H41N2O.C15H17N2.Ir/c1-33(2)48-31-40(36-16-9-6-10-17-36)32-49(34(3)4)51(48)57-52-42-19-12-11-18-37(42)24-29-50(52)56-55(57)47-21-13-20-44-46-28-27-43-41-25-22-38(35-14-7-5-8-15-35)30-39(41)23-26-45(43)53(46)58-54(44)47;1-11-5-7-12(8-6-11)14-16-10-9-13(17-14)15(2,3)4;/h5-20,22-34H,1-4H3;5-7,9-10H,1-4H3;/q2*-1;/i;1D3;. The van der Waals surface area contributed by atoms with Crippen LogP contribution in [0.25, 0.3) is 116 Å². The fraction of sp³-hybridized carbons (Fsp3) is 0.157. The van der Waals surface area contributed by atoms with E-state index in [0.717, 1.165) is 55.4 Å².